The molecule has 8 heteroatoms. The first-order valence-electron chi connectivity index (χ1n) is 5.69. The molecule has 0 radical (unpaired) electrons. The molecule has 0 aliphatic carbocycles. The summed E-state index contributed by atoms with van der Waals surface area (Å²) in [6.07, 6.45) is -4.60. The van der Waals surface area contributed by atoms with E-state index in [2.05, 4.69) is 20.9 Å². The predicted octanol–water partition coefficient (Wildman–Crippen LogP) is 3.60. The molecule has 0 atom stereocenters. The third-order valence-corrected chi connectivity index (χ3v) is 3.27. The minimum atomic E-state index is -4.60. The van der Waals surface area contributed by atoms with E-state index in [4.69, 9.17) is 4.74 Å². The number of hydrogen-bond donors (Lipinski definition) is 0. The van der Waals surface area contributed by atoms with Gasteiger partial charge in [0.15, 0.2) is 11.3 Å². The minimum Gasteiger partial charge on any atom is -0.461 e. The molecule has 0 aliphatic rings. The van der Waals surface area contributed by atoms with Gasteiger partial charge < -0.3 is 4.74 Å². The normalized spacial score (nSPS) is 11.9. The summed E-state index contributed by atoms with van der Waals surface area (Å²) in [4.78, 5) is 15.9. The molecule has 0 unspecified atom stereocenters. The maximum absolute atomic E-state index is 13.1. The first-order chi connectivity index (χ1) is 9.27. The highest BCUT2D eigenvalue weighted by Crippen LogP contribution is 2.33. The summed E-state index contributed by atoms with van der Waals surface area (Å²) in [5.74, 6) is -0.832. The van der Waals surface area contributed by atoms with Crippen molar-refractivity contribution in [2.75, 3.05) is 6.61 Å². The molecule has 0 saturated heterocycles. The zero-order valence-electron chi connectivity index (χ0n) is 10.6. The van der Waals surface area contributed by atoms with Crippen LogP contribution in [-0.2, 0) is 10.9 Å². The lowest BCUT2D eigenvalue weighted by atomic mass is 10.3. The van der Waals surface area contributed by atoms with Crippen LogP contribution in [-0.4, -0.2) is 22.0 Å². The number of ether oxygens (including phenoxy) is 1. The number of halogens is 4. The lowest BCUT2D eigenvalue weighted by Gasteiger charge is -2.12. The van der Waals surface area contributed by atoms with Crippen molar-refractivity contribution in [3.05, 3.63) is 33.7 Å². The van der Waals surface area contributed by atoms with Gasteiger partial charge in [-0.1, -0.05) is 0 Å². The third-order valence-electron chi connectivity index (χ3n) is 2.65. The lowest BCUT2D eigenvalue weighted by Crippen LogP contribution is -2.17. The van der Waals surface area contributed by atoms with Gasteiger partial charge in [0, 0.05) is 0 Å². The first kappa shape index (κ1) is 14.8. The fourth-order valence-electron chi connectivity index (χ4n) is 1.89. The van der Waals surface area contributed by atoms with E-state index in [1.807, 2.05) is 0 Å². The van der Waals surface area contributed by atoms with Gasteiger partial charge in [-0.2, -0.15) is 13.2 Å². The van der Waals surface area contributed by atoms with Gasteiger partial charge in [-0.25, -0.2) is 9.78 Å². The van der Waals surface area contributed by atoms with Gasteiger partial charge in [0.2, 0.25) is 0 Å². The van der Waals surface area contributed by atoms with Crippen molar-refractivity contribution in [2.45, 2.75) is 20.0 Å². The summed E-state index contributed by atoms with van der Waals surface area (Å²) >= 11 is 3.13. The number of carbonyl (C=O) groups excluding carboxylic acids is 1. The number of rotatable bonds is 2. The summed E-state index contributed by atoms with van der Waals surface area (Å²) in [7, 11) is 0. The molecule has 0 fully saturated rings. The monoisotopic (exact) mass is 350 g/mol. The van der Waals surface area contributed by atoms with Crippen molar-refractivity contribution >= 4 is 27.5 Å². The van der Waals surface area contributed by atoms with Crippen molar-refractivity contribution in [3.63, 3.8) is 0 Å². The molecule has 20 heavy (non-hydrogen) atoms. The SMILES string of the molecule is CCOC(=O)c1c(C)nc2c(Br)ccc(C(F)(F)F)n12. The van der Waals surface area contributed by atoms with Gasteiger partial charge in [-0.3, -0.25) is 4.40 Å². The number of aryl methyl sites for hydroxylation is 1. The number of fused-ring (bicyclic) bond motifs is 1. The highest BCUT2D eigenvalue weighted by Gasteiger charge is 2.36. The van der Waals surface area contributed by atoms with Gasteiger partial charge in [0.05, 0.1) is 16.8 Å². The zero-order chi connectivity index (χ0) is 15.1. The molecule has 0 aromatic carbocycles. The molecular formula is C12H10BrF3N2O2. The minimum absolute atomic E-state index is 0.0281. The second kappa shape index (κ2) is 5.08. The molecule has 0 bridgehead atoms. The number of aromatic nitrogens is 2. The summed E-state index contributed by atoms with van der Waals surface area (Å²) in [5.41, 5.74) is -0.976. The van der Waals surface area contributed by atoms with Crippen LogP contribution in [0.5, 0.6) is 0 Å². The van der Waals surface area contributed by atoms with E-state index in [0.29, 0.717) is 4.47 Å². The number of nitrogens with zero attached hydrogens (tertiary/aromatic N) is 2. The van der Waals surface area contributed by atoms with E-state index in [1.165, 1.54) is 13.0 Å². The maximum atomic E-state index is 13.1. The molecule has 0 saturated carbocycles. The third kappa shape index (κ3) is 2.39. The molecule has 0 amide bonds. The standard InChI is InChI=1S/C12H10BrF3N2O2/c1-3-20-11(19)9-6(2)17-10-7(13)4-5-8(18(9)10)12(14,15)16/h4-5H,3H2,1-2H3. The van der Waals surface area contributed by atoms with E-state index in [-0.39, 0.29) is 23.6 Å². The van der Waals surface area contributed by atoms with Crippen LogP contribution in [0.15, 0.2) is 16.6 Å². The highest BCUT2D eigenvalue weighted by atomic mass is 79.9. The molecule has 2 heterocycles. The Labute approximate surface area is 120 Å². The van der Waals surface area contributed by atoms with E-state index >= 15 is 0 Å². The largest absolute Gasteiger partial charge is 0.461 e. The average Bonchev–Trinajstić information content (AvgIpc) is 2.66. The summed E-state index contributed by atoms with van der Waals surface area (Å²) in [5, 5.41) is 0. The maximum Gasteiger partial charge on any atom is 0.431 e. The Morgan fingerprint density at radius 1 is 1.45 bits per heavy atom. The Morgan fingerprint density at radius 3 is 2.65 bits per heavy atom. The zero-order valence-corrected chi connectivity index (χ0v) is 12.2. The molecule has 108 valence electrons. The molecule has 0 N–H and O–H groups in total. The Bertz CT molecular complexity index is 679. The predicted molar refractivity (Wildman–Crippen MR) is 68.6 cm³/mol. The molecular weight excluding hydrogens is 341 g/mol. The number of esters is 1. The van der Waals surface area contributed by atoms with Gasteiger partial charge in [-0.05, 0) is 41.9 Å². The van der Waals surface area contributed by atoms with Gasteiger partial charge in [0.25, 0.3) is 0 Å². The summed E-state index contributed by atoms with van der Waals surface area (Å²) in [6, 6.07) is 2.14. The highest BCUT2D eigenvalue weighted by molar-refractivity contribution is 9.10. The number of pyridine rings is 1. The van der Waals surface area contributed by atoms with Crippen LogP contribution in [0.3, 0.4) is 0 Å². The molecule has 2 aromatic rings. The van der Waals surface area contributed by atoms with Gasteiger partial charge in [-0.15, -0.1) is 0 Å². The topological polar surface area (TPSA) is 43.6 Å². The fourth-order valence-corrected chi connectivity index (χ4v) is 2.28. The molecule has 4 nitrogen and oxygen atoms in total. The van der Waals surface area contributed by atoms with E-state index in [1.54, 1.807) is 6.92 Å². The smallest absolute Gasteiger partial charge is 0.431 e. The van der Waals surface area contributed by atoms with Crippen LogP contribution in [0.4, 0.5) is 13.2 Å². The molecule has 2 rings (SSSR count). The lowest BCUT2D eigenvalue weighted by molar-refractivity contribution is -0.142. The van der Waals surface area contributed by atoms with E-state index in [0.717, 1.165) is 10.5 Å². The van der Waals surface area contributed by atoms with Crippen LogP contribution in [0.1, 0.15) is 28.8 Å². The summed E-state index contributed by atoms with van der Waals surface area (Å²) < 4.78 is 45.2. The molecule has 0 aliphatic heterocycles. The Hall–Kier alpha value is -1.57. The number of imidazole rings is 1. The van der Waals surface area contributed by atoms with Crippen LogP contribution < -0.4 is 0 Å². The number of hydrogen-bond acceptors (Lipinski definition) is 3. The quantitative estimate of drug-likeness (QED) is 0.777. The fraction of sp³-hybridized carbons (Fsp3) is 0.333. The Balaban J connectivity index is 2.84. The van der Waals surface area contributed by atoms with Crippen molar-refractivity contribution in [1.82, 2.24) is 9.38 Å². The van der Waals surface area contributed by atoms with Crippen LogP contribution in [0.25, 0.3) is 5.65 Å². The second-order valence-corrected chi connectivity index (χ2v) is 4.84. The summed E-state index contributed by atoms with van der Waals surface area (Å²) in [6.45, 7) is 3.11. The van der Waals surface area contributed by atoms with Crippen molar-refractivity contribution < 1.29 is 22.7 Å². The van der Waals surface area contributed by atoms with Gasteiger partial charge >= 0.3 is 12.1 Å². The van der Waals surface area contributed by atoms with Crippen LogP contribution in [0, 0.1) is 6.92 Å². The van der Waals surface area contributed by atoms with Crippen molar-refractivity contribution in [1.29, 1.82) is 0 Å². The average molecular weight is 351 g/mol. The Morgan fingerprint density at radius 2 is 2.10 bits per heavy atom. The van der Waals surface area contributed by atoms with Crippen molar-refractivity contribution in [3.8, 4) is 0 Å². The molecule has 2 aromatic heterocycles. The second-order valence-electron chi connectivity index (χ2n) is 3.99. The molecule has 0 spiro atoms. The van der Waals surface area contributed by atoms with Crippen LogP contribution in [0.2, 0.25) is 0 Å². The Kier molecular flexibility index (Phi) is 3.77. The van der Waals surface area contributed by atoms with Crippen LogP contribution >= 0.6 is 15.9 Å². The number of alkyl halides is 3. The number of carbonyl (C=O) groups is 1. The van der Waals surface area contributed by atoms with Crippen molar-refractivity contribution in [2.24, 2.45) is 0 Å². The van der Waals surface area contributed by atoms with E-state index < -0.39 is 17.8 Å². The van der Waals surface area contributed by atoms with Gasteiger partial charge in [0.1, 0.15) is 5.69 Å². The first-order valence-corrected chi connectivity index (χ1v) is 6.48. The van der Waals surface area contributed by atoms with E-state index in [9.17, 15) is 18.0 Å².